The maximum atomic E-state index is 12.7. The van der Waals surface area contributed by atoms with Gasteiger partial charge >= 0.3 is 0 Å². The molecule has 0 fully saturated rings. The highest BCUT2D eigenvalue weighted by molar-refractivity contribution is 6.35. The van der Waals surface area contributed by atoms with Crippen LogP contribution in [0.4, 0.5) is 0 Å². The quantitative estimate of drug-likeness (QED) is 0.646. The third-order valence-electron chi connectivity index (χ3n) is 3.15. The van der Waals surface area contributed by atoms with Gasteiger partial charge in [-0.1, -0.05) is 34.8 Å². The third kappa shape index (κ3) is 2.53. The molecule has 21 heavy (non-hydrogen) atoms. The van der Waals surface area contributed by atoms with E-state index in [9.17, 15) is 4.79 Å². The summed E-state index contributed by atoms with van der Waals surface area (Å²) >= 11 is 18.0. The second-order valence-corrected chi connectivity index (χ2v) is 5.84. The summed E-state index contributed by atoms with van der Waals surface area (Å²) in [5.74, 6) is 0.527. The van der Waals surface area contributed by atoms with Crippen molar-refractivity contribution < 1.29 is 0 Å². The summed E-state index contributed by atoms with van der Waals surface area (Å²) in [6.45, 7) is 1.74. The molecule has 6 heteroatoms. The van der Waals surface area contributed by atoms with E-state index in [1.807, 2.05) is 0 Å². The van der Waals surface area contributed by atoms with E-state index in [0.29, 0.717) is 37.5 Å². The molecule has 0 bridgehead atoms. The van der Waals surface area contributed by atoms with Crippen LogP contribution in [0.3, 0.4) is 0 Å². The molecule has 0 aliphatic rings. The molecular weight excluding hydrogens is 331 g/mol. The van der Waals surface area contributed by atoms with Gasteiger partial charge in [0.2, 0.25) is 0 Å². The van der Waals surface area contributed by atoms with Crippen molar-refractivity contribution >= 4 is 45.7 Å². The van der Waals surface area contributed by atoms with Gasteiger partial charge in [-0.2, -0.15) is 0 Å². The van der Waals surface area contributed by atoms with Crippen molar-refractivity contribution in [2.75, 3.05) is 0 Å². The second kappa shape index (κ2) is 5.34. The van der Waals surface area contributed by atoms with Crippen LogP contribution in [-0.4, -0.2) is 9.55 Å². The molecule has 0 saturated heterocycles. The van der Waals surface area contributed by atoms with Crippen LogP contribution >= 0.6 is 34.8 Å². The summed E-state index contributed by atoms with van der Waals surface area (Å²) in [6.07, 6.45) is 0. The molecule has 3 rings (SSSR count). The molecule has 0 aliphatic heterocycles. The summed E-state index contributed by atoms with van der Waals surface area (Å²) in [5.41, 5.74) is 0.914. The number of hydrogen-bond acceptors (Lipinski definition) is 2. The van der Waals surface area contributed by atoms with E-state index in [1.54, 1.807) is 43.3 Å². The van der Waals surface area contributed by atoms with Gasteiger partial charge < -0.3 is 0 Å². The fraction of sp³-hybridized carbons (Fsp3) is 0.0667. The van der Waals surface area contributed by atoms with Crippen molar-refractivity contribution in [2.45, 2.75) is 6.92 Å². The lowest BCUT2D eigenvalue weighted by Gasteiger charge is -2.12. The van der Waals surface area contributed by atoms with Crippen LogP contribution in [0.25, 0.3) is 16.6 Å². The van der Waals surface area contributed by atoms with Crippen LogP contribution < -0.4 is 5.56 Å². The maximum Gasteiger partial charge on any atom is 0.266 e. The van der Waals surface area contributed by atoms with Crippen LogP contribution in [0.15, 0.2) is 41.2 Å². The summed E-state index contributed by atoms with van der Waals surface area (Å²) in [6, 6.07) is 9.96. The van der Waals surface area contributed by atoms with Gasteiger partial charge in [-0.15, -0.1) is 0 Å². The van der Waals surface area contributed by atoms with Gasteiger partial charge in [0.15, 0.2) is 0 Å². The number of nitrogens with zero attached hydrogens (tertiary/aromatic N) is 2. The first-order chi connectivity index (χ1) is 9.97. The molecule has 106 valence electrons. The minimum absolute atomic E-state index is 0.196. The Kier molecular flexibility index (Phi) is 3.66. The molecule has 0 unspecified atom stereocenters. The van der Waals surface area contributed by atoms with Gasteiger partial charge in [0.25, 0.3) is 5.56 Å². The molecule has 1 heterocycles. The summed E-state index contributed by atoms with van der Waals surface area (Å²) in [5, 5.41) is 1.92. The number of benzene rings is 2. The Bertz CT molecular complexity index is 919. The smallest absolute Gasteiger partial charge is 0.266 e. The average Bonchev–Trinajstić information content (AvgIpc) is 2.40. The van der Waals surface area contributed by atoms with E-state index in [1.165, 1.54) is 4.57 Å². The number of aromatic nitrogens is 2. The number of hydrogen-bond donors (Lipinski definition) is 0. The predicted octanol–water partition coefficient (Wildman–Crippen LogP) is 4.65. The number of aryl methyl sites for hydroxylation is 1. The minimum Gasteiger partial charge on any atom is -0.268 e. The fourth-order valence-electron chi connectivity index (χ4n) is 2.22. The Labute approximate surface area is 135 Å². The zero-order valence-electron chi connectivity index (χ0n) is 10.9. The van der Waals surface area contributed by atoms with E-state index >= 15 is 0 Å². The molecule has 0 spiro atoms. The number of halogens is 3. The maximum absolute atomic E-state index is 12.7. The number of rotatable bonds is 1. The first-order valence-electron chi connectivity index (χ1n) is 6.12. The first-order valence-corrected chi connectivity index (χ1v) is 7.25. The van der Waals surface area contributed by atoms with E-state index in [0.717, 1.165) is 0 Å². The van der Waals surface area contributed by atoms with E-state index in [-0.39, 0.29) is 5.56 Å². The lowest BCUT2D eigenvalue weighted by atomic mass is 10.2. The lowest BCUT2D eigenvalue weighted by Crippen LogP contribution is -2.22. The van der Waals surface area contributed by atoms with Crippen LogP contribution in [0.5, 0.6) is 0 Å². The highest BCUT2D eigenvalue weighted by Crippen LogP contribution is 2.25. The van der Waals surface area contributed by atoms with Gasteiger partial charge in [-0.05, 0) is 43.3 Å². The molecule has 0 radical (unpaired) electrons. The molecule has 3 nitrogen and oxygen atoms in total. The third-order valence-corrected chi connectivity index (χ3v) is 3.92. The molecule has 0 atom stereocenters. The van der Waals surface area contributed by atoms with Crippen molar-refractivity contribution in [1.82, 2.24) is 9.55 Å². The van der Waals surface area contributed by atoms with Crippen molar-refractivity contribution in [3.05, 3.63) is 67.6 Å². The molecule has 3 aromatic rings. The van der Waals surface area contributed by atoms with Gasteiger partial charge in [0, 0.05) is 10.0 Å². The SMILES string of the molecule is Cc1nc2cc(Cl)ccc2c(=O)n1-c1ccc(Cl)cc1Cl. The Morgan fingerprint density at radius 1 is 1.00 bits per heavy atom. The highest BCUT2D eigenvalue weighted by Gasteiger charge is 2.13. The Morgan fingerprint density at radius 2 is 1.67 bits per heavy atom. The molecular formula is C15H9Cl3N2O. The van der Waals surface area contributed by atoms with Crippen molar-refractivity contribution in [3.63, 3.8) is 0 Å². The van der Waals surface area contributed by atoms with Gasteiger partial charge in [-0.3, -0.25) is 9.36 Å². The topological polar surface area (TPSA) is 34.9 Å². The van der Waals surface area contributed by atoms with Crippen LogP contribution in [0.1, 0.15) is 5.82 Å². The average molecular weight is 340 g/mol. The monoisotopic (exact) mass is 338 g/mol. The van der Waals surface area contributed by atoms with Crippen LogP contribution in [0, 0.1) is 6.92 Å². The zero-order chi connectivity index (χ0) is 15.1. The van der Waals surface area contributed by atoms with Crippen molar-refractivity contribution in [2.24, 2.45) is 0 Å². The number of fused-ring (bicyclic) bond motifs is 1. The highest BCUT2D eigenvalue weighted by atomic mass is 35.5. The van der Waals surface area contributed by atoms with Crippen LogP contribution in [0.2, 0.25) is 15.1 Å². The summed E-state index contributed by atoms with van der Waals surface area (Å²) < 4.78 is 1.47. The molecule has 0 aliphatic carbocycles. The lowest BCUT2D eigenvalue weighted by molar-refractivity contribution is 0.895. The Morgan fingerprint density at radius 3 is 2.38 bits per heavy atom. The van der Waals surface area contributed by atoms with E-state index in [4.69, 9.17) is 34.8 Å². The normalized spacial score (nSPS) is 11.0. The Hall–Kier alpha value is -1.55. The fourth-order valence-corrected chi connectivity index (χ4v) is 2.88. The van der Waals surface area contributed by atoms with Gasteiger partial charge in [-0.25, -0.2) is 4.98 Å². The van der Waals surface area contributed by atoms with Crippen molar-refractivity contribution in [1.29, 1.82) is 0 Å². The van der Waals surface area contributed by atoms with E-state index < -0.39 is 0 Å². The zero-order valence-corrected chi connectivity index (χ0v) is 13.2. The summed E-state index contributed by atoms with van der Waals surface area (Å²) in [4.78, 5) is 17.1. The van der Waals surface area contributed by atoms with Gasteiger partial charge in [0.05, 0.1) is 21.6 Å². The molecule has 0 N–H and O–H groups in total. The van der Waals surface area contributed by atoms with Crippen LogP contribution in [-0.2, 0) is 0 Å². The Balaban J connectivity index is 2.38. The van der Waals surface area contributed by atoms with Gasteiger partial charge in [0.1, 0.15) is 5.82 Å². The second-order valence-electron chi connectivity index (χ2n) is 4.56. The molecule has 1 aromatic heterocycles. The standard InChI is InChI=1S/C15H9Cl3N2O/c1-8-19-13-7-10(17)2-4-11(13)15(21)20(8)14-5-3-9(16)6-12(14)18/h2-7H,1H3. The van der Waals surface area contributed by atoms with E-state index in [2.05, 4.69) is 4.98 Å². The summed E-state index contributed by atoms with van der Waals surface area (Å²) in [7, 11) is 0. The molecule has 0 amide bonds. The molecule has 2 aromatic carbocycles. The molecule has 0 saturated carbocycles. The largest absolute Gasteiger partial charge is 0.268 e. The first kappa shape index (κ1) is 14.4. The minimum atomic E-state index is -0.196. The van der Waals surface area contributed by atoms with Crippen molar-refractivity contribution in [3.8, 4) is 5.69 Å². The predicted molar refractivity (Wildman–Crippen MR) is 87.1 cm³/mol.